The van der Waals surface area contributed by atoms with Crippen molar-refractivity contribution in [2.75, 3.05) is 26.2 Å². The minimum Gasteiger partial charge on any atom is -0.354 e. The Labute approximate surface area is 110 Å². The van der Waals surface area contributed by atoms with Crippen molar-refractivity contribution in [3.63, 3.8) is 0 Å². The highest BCUT2D eigenvalue weighted by molar-refractivity contribution is 6.02. The summed E-state index contributed by atoms with van der Waals surface area (Å²) in [7, 11) is 0. The molecule has 4 amide bonds. The smallest absolute Gasteiger partial charge is 0.239 e. The molecule has 104 valence electrons. The van der Waals surface area contributed by atoms with Crippen molar-refractivity contribution in [1.29, 1.82) is 0 Å². The standard InChI is InChI=1S/C12H17N3O4/c16-9-8-14(6-1-5-13-9)10(17)4-7-15-11(18)2-3-12(15)19/h1-8H2,(H,13,16). The van der Waals surface area contributed by atoms with Crippen LogP contribution in [0.25, 0.3) is 0 Å². The summed E-state index contributed by atoms with van der Waals surface area (Å²) >= 11 is 0. The van der Waals surface area contributed by atoms with Gasteiger partial charge in [-0.25, -0.2) is 0 Å². The zero-order chi connectivity index (χ0) is 13.8. The fourth-order valence-electron chi connectivity index (χ4n) is 2.26. The fraction of sp³-hybridized carbons (Fsp3) is 0.667. The zero-order valence-electron chi connectivity index (χ0n) is 10.7. The van der Waals surface area contributed by atoms with E-state index in [0.717, 1.165) is 11.3 Å². The normalized spacial score (nSPS) is 20.5. The lowest BCUT2D eigenvalue weighted by Gasteiger charge is -2.20. The number of hydrogen-bond acceptors (Lipinski definition) is 4. The van der Waals surface area contributed by atoms with E-state index in [9.17, 15) is 19.2 Å². The topological polar surface area (TPSA) is 86.8 Å². The number of carbonyl (C=O) groups is 4. The first kappa shape index (κ1) is 13.5. The van der Waals surface area contributed by atoms with Crippen molar-refractivity contribution in [3.05, 3.63) is 0 Å². The van der Waals surface area contributed by atoms with Crippen LogP contribution in [-0.4, -0.2) is 59.6 Å². The summed E-state index contributed by atoms with van der Waals surface area (Å²) in [6, 6.07) is 0. The summed E-state index contributed by atoms with van der Waals surface area (Å²) < 4.78 is 0. The third-order valence-corrected chi connectivity index (χ3v) is 3.32. The molecule has 0 aromatic carbocycles. The van der Waals surface area contributed by atoms with E-state index in [1.165, 1.54) is 4.90 Å². The highest BCUT2D eigenvalue weighted by atomic mass is 16.2. The Balaban J connectivity index is 1.85. The van der Waals surface area contributed by atoms with E-state index >= 15 is 0 Å². The monoisotopic (exact) mass is 267 g/mol. The van der Waals surface area contributed by atoms with Crippen molar-refractivity contribution in [1.82, 2.24) is 15.1 Å². The average molecular weight is 267 g/mol. The summed E-state index contributed by atoms with van der Waals surface area (Å²) in [5, 5.41) is 2.69. The maximum Gasteiger partial charge on any atom is 0.239 e. The molecule has 0 aliphatic carbocycles. The molecular weight excluding hydrogens is 250 g/mol. The fourth-order valence-corrected chi connectivity index (χ4v) is 2.26. The van der Waals surface area contributed by atoms with Crippen molar-refractivity contribution < 1.29 is 19.2 Å². The second kappa shape index (κ2) is 5.81. The van der Waals surface area contributed by atoms with E-state index in [4.69, 9.17) is 0 Å². The molecule has 19 heavy (non-hydrogen) atoms. The lowest BCUT2D eigenvalue weighted by atomic mass is 10.3. The molecule has 2 rings (SSSR count). The third kappa shape index (κ3) is 3.30. The maximum atomic E-state index is 12.0. The molecule has 7 heteroatoms. The summed E-state index contributed by atoms with van der Waals surface area (Å²) in [6.45, 7) is 1.28. The molecule has 7 nitrogen and oxygen atoms in total. The first-order valence-corrected chi connectivity index (χ1v) is 6.45. The van der Waals surface area contributed by atoms with Gasteiger partial charge in [0.05, 0.1) is 6.54 Å². The van der Waals surface area contributed by atoms with Crippen LogP contribution in [-0.2, 0) is 19.2 Å². The largest absolute Gasteiger partial charge is 0.354 e. The number of carbonyl (C=O) groups excluding carboxylic acids is 4. The first-order valence-electron chi connectivity index (χ1n) is 6.45. The molecule has 0 aromatic heterocycles. The predicted octanol–water partition coefficient (Wildman–Crippen LogP) is -1.13. The maximum absolute atomic E-state index is 12.0. The molecule has 0 spiro atoms. The highest BCUT2D eigenvalue weighted by Crippen LogP contribution is 2.12. The number of imide groups is 1. The van der Waals surface area contributed by atoms with Crippen LogP contribution in [0.1, 0.15) is 25.7 Å². The zero-order valence-corrected chi connectivity index (χ0v) is 10.7. The van der Waals surface area contributed by atoms with Crippen LogP contribution < -0.4 is 5.32 Å². The molecule has 0 atom stereocenters. The molecule has 2 fully saturated rings. The van der Waals surface area contributed by atoms with Gasteiger partial charge in [-0.3, -0.25) is 24.1 Å². The molecule has 0 unspecified atom stereocenters. The summed E-state index contributed by atoms with van der Waals surface area (Å²) in [6.07, 6.45) is 1.28. The van der Waals surface area contributed by atoms with E-state index in [2.05, 4.69) is 5.32 Å². The average Bonchev–Trinajstić information content (AvgIpc) is 2.58. The second-order valence-corrected chi connectivity index (χ2v) is 4.71. The van der Waals surface area contributed by atoms with Crippen LogP contribution >= 0.6 is 0 Å². The Morgan fingerprint density at radius 3 is 2.53 bits per heavy atom. The van der Waals surface area contributed by atoms with Crippen LogP contribution in [0.5, 0.6) is 0 Å². The minimum absolute atomic E-state index is 0.0563. The number of nitrogens with one attached hydrogen (secondary N) is 1. The van der Waals surface area contributed by atoms with Crippen LogP contribution in [0.15, 0.2) is 0 Å². The molecule has 2 heterocycles. The van der Waals surface area contributed by atoms with Crippen LogP contribution in [0, 0.1) is 0 Å². The lowest BCUT2D eigenvalue weighted by molar-refractivity contribution is -0.140. The SMILES string of the molecule is O=C1CN(C(=O)CCN2C(=O)CCC2=O)CCCN1. The molecule has 2 aliphatic heterocycles. The van der Waals surface area contributed by atoms with Crippen LogP contribution in [0.4, 0.5) is 0 Å². The van der Waals surface area contributed by atoms with Gasteiger partial charge in [-0.15, -0.1) is 0 Å². The molecule has 2 saturated heterocycles. The van der Waals surface area contributed by atoms with Gasteiger partial charge in [-0.2, -0.15) is 0 Å². The quantitative estimate of drug-likeness (QED) is 0.656. The van der Waals surface area contributed by atoms with E-state index < -0.39 is 0 Å². The van der Waals surface area contributed by atoms with Gasteiger partial charge in [0.1, 0.15) is 0 Å². The molecule has 0 aromatic rings. The third-order valence-electron chi connectivity index (χ3n) is 3.32. The van der Waals surface area contributed by atoms with Gasteiger partial charge in [0.2, 0.25) is 23.6 Å². The highest BCUT2D eigenvalue weighted by Gasteiger charge is 2.29. The van der Waals surface area contributed by atoms with E-state index in [0.29, 0.717) is 13.1 Å². The van der Waals surface area contributed by atoms with Gasteiger partial charge < -0.3 is 10.2 Å². The molecule has 2 aliphatic rings. The van der Waals surface area contributed by atoms with Gasteiger partial charge in [-0.1, -0.05) is 0 Å². The summed E-state index contributed by atoms with van der Waals surface area (Å²) in [4.78, 5) is 48.7. The summed E-state index contributed by atoms with van der Waals surface area (Å²) in [5.74, 6) is -0.790. The van der Waals surface area contributed by atoms with Crippen molar-refractivity contribution >= 4 is 23.6 Å². The number of likely N-dealkylation sites (tertiary alicyclic amines) is 1. The van der Waals surface area contributed by atoms with Gasteiger partial charge in [-0.05, 0) is 6.42 Å². The first-order chi connectivity index (χ1) is 9.08. The Hall–Kier alpha value is -1.92. The van der Waals surface area contributed by atoms with Crippen LogP contribution in [0.2, 0.25) is 0 Å². The summed E-state index contributed by atoms with van der Waals surface area (Å²) in [5.41, 5.74) is 0. The molecular formula is C12H17N3O4. The second-order valence-electron chi connectivity index (χ2n) is 4.71. The molecule has 0 bridgehead atoms. The number of amides is 4. The van der Waals surface area contributed by atoms with Crippen molar-refractivity contribution in [2.24, 2.45) is 0 Å². The van der Waals surface area contributed by atoms with E-state index in [1.807, 2.05) is 0 Å². The van der Waals surface area contributed by atoms with Gasteiger partial charge in [0.25, 0.3) is 0 Å². The minimum atomic E-state index is -0.216. The van der Waals surface area contributed by atoms with Crippen molar-refractivity contribution in [3.8, 4) is 0 Å². The Bertz CT molecular complexity index is 405. The molecule has 0 radical (unpaired) electrons. The lowest BCUT2D eigenvalue weighted by Crippen LogP contribution is -2.39. The van der Waals surface area contributed by atoms with Crippen LogP contribution in [0.3, 0.4) is 0 Å². The number of rotatable bonds is 3. The molecule has 1 N–H and O–H groups in total. The van der Waals surface area contributed by atoms with Gasteiger partial charge >= 0.3 is 0 Å². The number of nitrogens with zero attached hydrogens (tertiary/aromatic N) is 2. The van der Waals surface area contributed by atoms with E-state index in [1.54, 1.807) is 0 Å². The predicted molar refractivity (Wildman–Crippen MR) is 64.8 cm³/mol. The Morgan fingerprint density at radius 1 is 1.16 bits per heavy atom. The Kier molecular flexibility index (Phi) is 4.13. The number of hydrogen-bond donors (Lipinski definition) is 1. The van der Waals surface area contributed by atoms with E-state index in [-0.39, 0.29) is 56.0 Å². The van der Waals surface area contributed by atoms with Crippen molar-refractivity contribution in [2.45, 2.75) is 25.7 Å². The van der Waals surface area contributed by atoms with Gasteiger partial charge in [0, 0.05) is 38.9 Å². The molecule has 0 saturated carbocycles. The Morgan fingerprint density at radius 2 is 1.84 bits per heavy atom. The van der Waals surface area contributed by atoms with Gasteiger partial charge in [0.15, 0.2) is 0 Å².